The fourth-order valence-electron chi connectivity index (χ4n) is 2.59. The molecule has 1 atom stereocenters. The maximum Gasteiger partial charge on any atom is 0.311 e. The largest absolute Gasteiger partial charge is 0.508 e. The highest BCUT2D eigenvalue weighted by Gasteiger charge is 2.27. The van der Waals surface area contributed by atoms with Gasteiger partial charge in [0.25, 0.3) is 0 Å². The first-order valence-corrected chi connectivity index (χ1v) is 8.46. The minimum absolute atomic E-state index is 0.0481. The molecule has 1 heterocycles. The normalized spacial score (nSPS) is 16.5. The molecule has 0 bridgehead atoms. The minimum atomic E-state index is -0.278. The number of hydrogen-bond acceptors (Lipinski definition) is 7. The van der Waals surface area contributed by atoms with E-state index in [4.69, 9.17) is 23.7 Å². The number of ether oxygens (including phenoxy) is 5. The molecule has 1 aliphatic rings. The molecule has 1 aromatic rings. The van der Waals surface area contributed by atoms with Gasteiger partial charge in [-0.2, -0.15) is 0 Å². The molecule has 140 valence electrons. The van der Waals surface area contributed by atoms with Crippen molar-refractivity contribution in [3.63, 3.8) is 0 Å². The van der Waals surface area contributed by atoms with Gasteiger partial charge in [0.15, 0.2) is 0 Å². The van der Waals surface area contributed by atoms with Crippen LogP contribution in [0.4, 0.5) is 0 Å². The molecule has 0 aromatic heterocycles. The van der Waals surface area contributed by atoms with Gasteiger partial charge in [-0.05, 0) is 18.1 Å². The number of benzene rings is 1. The van der Waals surface area contributed by atoms with E-state index < -0.39 is 0 Å². The molecule has 1 N–H and O–H groups in total. The van der Waals surface area contributed by atoms with E-state index >= 15 is 0 Å². The number of rotatable bonds is 12. The van der Waals surface area contributed by atoms with Crippen LogP contribution >= 0.6 is 0 Å². The first kappa shape index (κ1) is 19.7. The van der Waals surface area contributed by atoms with E-state index in [-0.39, 0.29) is 17.6 Å². The molecule has 7 heteroatoms. The van der Waals surface area contributed by atoms with Crippen molar-refractivity contribution >= 4 is 5.97 Å². The molecule has 0 saturated carbocycles. The van der Waals surface area contributed by atoms with Crippen LogP contribution in [0.5, 0.6) is 11.5 Å². The minimum Gasteiger partial charge on any atom is -0.508 e. The Bertz CT molecular complexity index is 532. The highest BCUT2D eigenvalue weighted by molar-refractivity contribution is 5.76. The quantitative estimate of drug-likeness (QED) is 0.348. The summed E-state index contributed by atoms with van der Waals surface area (Å²) in [6.07, 6.45) is 1.05. The molecule has 0 radical (unpaired) electrons. The number of carbonyl (C=O) groups excluding carboxylic acids is 1. The number of phenols is 1. The summed E-state index contributed by atoms with van der Waals surface area (Å²) in [5.74, 6) is 0.303. The fourth-order valence-corrected chi connectivity index (χ4v) is 2.59. The third-order valence-corrected chi connectivity index (χ3v) is 3.86. The van der Waals surface area contributed by atoms with Crippen molar-refractivity contribution in [1.82, 2.24) is 0 Å². The van der Waals surface area contributed by atoms with Crippen LogP contribution in [0.25, 0.3) is 0 Å². The summed E-state index contributed by atoms with van der Waals surface area (Å²) in [4.78, 5) is 11.7. The first-order valence-electron chi connectivity index (χ1n) is 8.46. The Hall–Kier alpha value is -1.67. The van der Waals surface area contributed by atoms with E-state index in [0.29, 0.717) is 64.8 Å². The lowest BCUT2D eigenvalue weighted by Crippen LogP contribution is -2.21. The molecule has 0 saturated heterocycles. The van der Waals surface area contributed by atoms with Crippen molar-refractivity contribution in [1.29, 1.82) is 0 Å². The zero-order valence-corrected chi connectivity index (χ0v) is 14.6. The number of fused-ring (bicyclic) bond motifs is 1. The second-order valence-electron chi connectivity index (χ2n) is 5.72. The summed E-state index contributed by atoms with van der Waals surface area (Å²) < 4.78 is 26.3. The number of methoxy groups -OCH3 is 1. The van der Waals surface area contributed by atoms with Gasteiger partial charge in [0.2, 0.25) is 0 Å². The van der Waals surface area contributed by atoms with Crippen LogP contribution in [-0.2, 0) is 23.7 Å². The fraction of sp³-hybridized carbons (Fsp3) is 0.611. The second kappa shape index (κ2) is 11.0. The Morgan fingerprint density at radius 2 is 1.68 bits per heavy atom. The summed E-state index contributed by atoms with van der Waals surface area (Å²) in [5, 5.41) is 9.49. The van der Waals surface area contributed by atoms with E-state index in [1.807, 2.05) is 0 Å². The molecular weight excluding hydrogens is 328 g/mol. The summed E-state index contributed by atoms with van der Waals surface area (Å²) in [6.45, 7) is 3.75. The molecule has 1 unspecified atom stereocenters. The van der Waals surface area contributed by atoms with Crippen molar-refractivity contribution in [2.75, 3.05) is 53.4 Å². The zero-order valence-electron chi connectivity index (χ0n) is 14.6. The lowest BCUT2D eigenvalue weighted by molar-refractivity contribution is -0.136. The Kier molecular flexibility index (Phi) is 8.68. The van der Waals surface area contributed by atoms with Crippen molar-refractivity contribution in [2.45, 2.75) is 18.8 Å². The van der Waals surface area contributed by atoms with Gasteiger partial charge in [0.1, 0.15) is 11.5 Å². The van der Waals surface area contributed by atoms with Gasteiger partial charge in [0, 0.05) is 25.7 Å². The van der Waals surface area contributed by atoms with Gasteiger partial charge in [-0.25, -0.2) is 0 Å². The molecule has 0 spiro atoms. The Morgan fingerprint density at radius 1 is 1.04 bits per heavy atom. The second-order valence-corrected chi connectivity index (χ2v) is 5.72. The van der Waals surface area contributed by atoms with Crippen molar-refractivity contribution in [3.8, 4) is 11.5 Å². The van der Waals surface area contributed by atoms with Crippen molar-refractivity contribution in [3.05, 3.63) is 23.8 Å². The number of hydrogen-bond donors (Lipinski definition) is 1. The van der Waals surface area contributed by atoms with E-state index in [1.165, 1.54) is 6.07 Å². The summed E-state index contributed by atoms with van der Waals surface area (Å²) in [7, 11) is 1.63. The van der Waals surface area contributed by atoms with Gasteiger partial charge >= 0.3 is 5.97 Å². The van der Waals surface area contributed by atoms with Gasteiger partial charge < -0.3 is 28.8 Å². The van der Waals surface area contributed by atoms with E-state index in [9.17, 15) is 9.90 Å². The van der Waals surface area contributed by atoms with Crippen LogP contribution in [0.2, 0.25) is 0 Å². The number of phenolic OH excluding ortho intramolecular Hbond substituents is 1. The molecule has 7 nitrogen and oxygen atoms in total. The molecule has 0 fully saturated rings. The van der Waals surface area contributed by atoms with Crippen LogP contribution < -0.4 is 4.74 Å². The lowest BCUT2D eigenvalue weighted by atomic mass is 9.90. The average Bonchev–Trinajstić information content (AvgIpc) is 2.59. The summed E-state index contributed by atoms with van der Waals surface area (Å²) in [6, 6.07) is 4.88. The third-order valence-electron chi connectivity index (χ3n) is 3.86. The topological polar surface area (TPSA) is 83.5 Å². The Morgan fingerprint density at radius 3 is 2.36 bits per heavy atom. The number of esters is 1. The third kappa shape index (κ3) is 6.99. The zero-order chi connectivity index (χ0) is 17.9. The smallest absolute Gasteiger partial charge is 0.311 e. The standard InChI is InChI=1S/C18H26O7/c1-21-6-7-23-10-11-24-9-8-22-5-4-14-12-18(20)25-17-13-15(19)2-3-16(14)17/h2-3,13-14,19H,4-12H2,1H3. The van der Waals surface area contributed by atoms with Crippen LogP contribution in [0.15, 0.2) is 18.2 Å². The van der Waals surface area contributed by atoms with Gasteiger partial charge in [-0.3, -0.25) is 4.79 Å². The van der Waals surface area contributed by atoms with Crippen LogP contribution in [0.3, 0.4) is 0 Å². The summed E-state index contributed by atoms with van der Waals surface area (Å²) in [5.41, 5.74) is 0.936. The Labute approximate surface area is 147 Å². The molecule has 0 amide bonds. The van der Waals surface area contributed by atoms with Crippen molar-refractivity contribution < 1.29 is 33.6 Å². The van der Waals surface area contributed by atoms with Crippen LogP contribution in [-0.4, -0.2) is 64.4 Å². The molecule has 1 aromatic carbocycles. The molecule has 2 rings (SSSR count). The van der Waals surface area contributed by atoms with E-state index in [1.54, 1.807) is 19.2 Å². The van der Waals surface area contributed by atoms with Crippen LogP contribution in [0.1, 0.15) is 24.3 Å². The predicted molar refractivity (Wildman–Crippen MR) is 90.0 cm³/mol. The molecular formula is C18H26O7. The molecule has 1 aliphatic heterocycles. The average molecular weight is 354 g/mol. The molecule has 0 aliphatic carbocycles. The maximum absolute atomic E-state index is 11.7. The first-order chi connectivity index (χ1) is 12.2. The van der Waals surface area contributed by atoms with E-state index in [2.05, 4.69) is 0 Å². The number of aromatic hydroxyl groups is 1. The van der Waals surface area contributed by atoms with Crippen LogP contribution in [0, 0.1) is 0 Å². The maximum atomic E-state index is 11.7. The highest BCUT2D eigenvalue weighted by Crippen LogP contribution is 2.38. The summed E-state index contributed by atoms with van der Waals surface area (Å²) >= 11 is 0. The van der Waals surface area contributed by atoms with Crippen molar-refractivity contribution in [2.24, 2.45) is 0 Å². The van der Waals surface area contributed by atoms with Gasteiger partial charge in [0.05, 0.1) is 46.1 Å². The van der Waals surface area contributed by atoms with Gasteiger partial charge in [-0.15, -0.1) is 0 Å². The van der Waals surface area contributed by atoms with Gasteiger partial charge in [-0.1, -0.05) is 6.07 Å². The predicted octanol–water partition coefficient (Wildman–Crippen LogP) is 1.87. The highest BCUT2D eigenvalue weighted by atomic mass is 16.6. The monoisotopic (exact) mass is 354 g/mol. The molecule has 25 heavy (non-hydrogen) atoms. The lowest BCUT2D eigenvalue weighted by Gasteiger charge is -2.24. The number of carbonyl (C=O) groups is 1. The SMILES string of the molecule is COCCOCCOCCOCCC1CC(=O)Oc2cc(O)ccc21. The van der Waals surface area contributed by atoms with E-state index in [0.717, 1.165) is 5.56 Å². The Balaban J connectivity index is 1.57.